The molecule has 4 nitrogen and oxygen atoms in total. The molecule has 1 heterocycles. The highest BCUT2D eigenvalue weighted by atomic mass is 79.9. The smallest absolute Gasteiger partial charge is 0.299 e. The number of carbonyl (C=O) groups excluding carboxylic acids is 2. The van der Waals surface area contributed by atoms with Gasteiger partial charge in [0.05, 0.1) is 17.9 Å². The van der Waals surface area contributed by atoms with E-state index in [0.29, 0.717) is 30.8 Å². The number of aryl methyl sites for hydroxylation is 2. The number of halogens is 1. The van der Waals surface area contributed by atoms with Crippen molar-refractivity contribution in [1.82, 2.24) is 0 Å². The Morgan fingerprint density at radius 2 is 1.88 bits per heavy atom. The van der Waals surface area contributed by atoms with Crippen LogP contribution in [0.25, 0.3) is 0 Å². The van der Waals surface area contributed by atoms with Crippen LogP contribution in [0.1, 0.15) is 27.9 Å². The number of carbonyl (C=O) groups is 2. The lowest BCUT2D eigenvalue weighted by Crippen LogP contribution is -2.31. The Balaban J connectivity index is 1.68. The quantitative estimate of drug-likeness (QED) is 0.573. The van der Waals surface area contributed by atoms with E-state index in [4.69, 9.17) is 4.74 Å². The van der Waals surface area contributed by atoms with Crippen LogP contribution < -0.4 is 9.64 Å². The molecule has 0 radical (unpaired) electrons. The van der Waals surface area contributed by atoms with Crippen LogP contribution >= 0.6 is 15.9 Å². The topological polar surface area (TPSA) is 46.6 Å². The molecule has 0 bridgehead atoms. The third-order valence-electron chi connectivity index (χ3n) is 4.04. The molecular formula is C19H18BrNO3. The average molecular weight is 388 g/mol. The zero-order valence-electron chi connectivity index (χ0n) is 13.6. The molecule has 5 heteroatoms. The van der Waals surface area contributed by atoms with Crippen molar-refractivity contribution >= 4 is 33.3 Å². The molecule has 124 valence electrons. The standard InChI is InChI=1S/C19H18BrNO3/c1-12-10-14-17(15(20)11-12)21(19(23)18(14)22)8-5-9-24-16-7-4-3-6-13(16)2/h3-4,6-7,10-11H,5,8-9H2,1-2H3. The Morgan fingerprint density at radius 3 is 2.62 bits per heavy atom. The molecule has 3 rings (SSSR count). The summed E-state index contributed by atoms with van der Waals surface area (Å²) in [6.07, 6.45) is 0.646. The van der Waals surface area contributed by atoms with E-state index in [2.05, 4.69) is 15.9 Å². The van der Waals surface area contributed by atoms with E-state index in [0.717, 1.165) is 21.3 Å². The molecule has 0 spiro atoms. The molecule has 0 unspecified atom stereocenters. The highest BCUT2D eigenvalue weighted by Gasteiger charge is 2.37. The van der Waals surface area contributed by atoms with Crippen molar-refractivity contribution in [3.8, 4) is 5.75 Å². The molecular weight excluding hydrogens is 370 g/mol. The molecule has 1 aliphatic rings. The fourth-order valence-corrected chi connectivity index (χ4v) is 3.65. The van der Waals surface area contributed by atoms with Crippen molar-refractivity contribution in [2.45, 2.75) is 20.3 Å². The number of hydrogen-bond acceptors (Lipinski definition) is 3. The number of ketones is 1. The van der Waals surface area contributed by atoms with Crippen molar-refractivity contribution in [2.24, 2.45) is 0 Å². The summed E-state index contributed by atoms with van der Waals surface area (Å²) in [6.45, 7) is 4.84. The van der Waals surface area contributed by atoms with Crippen LogP contribution in [0.5, 0.6) is 5.75 Å². The Morgan fingerprint density at radius 1 is 1.12 bits per heavy atom. The van der Waals surface area contributed by atoms with E-state index in [9.17, 15) is 9.59 Å². The Bertz CT molecular complexity index is 816. The zero-order chi connectivity index (χ0) is 17.3. The SMILES string of the molecule is Cc1cc(Br)c2c(c1)C(=O)C(=O)N2CCCOc1ccccc1C. The van der Waals surface area contributed by atoms with E-state index < -0.39 is 11.7 Å². The van der Waals surface area contributed by atoms with Gasteiger partial charge < -0.3 is 9.64 Å². The summed E-state index contributed by atoms with van der Waals surface area (Å²) < 4.78 is 6.54. The van der Waals surface area contributed by atoms with Gasteiger partial charge in [-0.1, -0.05) is 18.2 Å². The maximum atomic E-state index is 12.3. The number of rotatable bonds is 5. The molecule has 0 saturated carbocycles. The average Bonchev–Trinajstić information content (AvgIpc) is 2.78. The van der Waals surface area contributed by atoms with Gasteiger partial charge in [0.1, 0.15) is 5.75 Å². The predicted molar refractivity (Wildman–Crippen MR) is 96.9 cm³/mol. The van der Waals surface area contributed by atoms with Crippen LogP contribution in [0.4, 0.5) is 5.69 Å². The fraction of sp³-hybridized carbons (Fsp3) is 0.263. The highest BCUT2D eigenvalue weighted by molar-refractivity contribution is 9.10. The molecule has 0 fully saturated rings. The minimum absolute atomic E-state index is 0.436. The summed E-state index contributed by atoms with van der Waals surface area (Å²) in [4.78, 5) is 26.0. The van der Waals surface area contributed by atoms with Crippen molar-refractivity contribution in [2.75, 3.05) is 18.1 Å². The number of fused-ring (bicyclic) bond motifs is 1. The fourth-order valence-electron chi connectivity index (χ4n) is 2.86. The lowest BCUT2D eigenvalue weighted by atomic mass is 10.1. The highest BCUT2D eigenvalue weighted by Crippen LogP contribution is 2.37. The molecule has 0 N–H and O–H groups in total. The maximum Gasteiger partial charge on any atom is 0.299 e. The van der Waals surface area contributed by atoms with E-state index in [-0.39, 0.29) is 0 Å². The third-order valence-corrected chi connectivity index (χ3v) is 4.64. The normalized spacial score (nSPS) is 13.4. The number of nitrogens with zero attached hydrogens (tertiary/aromatic N) is 1. The van der Waals surface area contributed by atoms with Gasteiger partial charge in [-0.15, -0.1) is 0 Å². The van der Waals surface area contributed by atoms with Crippen LogP contribution in [0.3, 0.4) is 0 Å². The first-order valence-electron chi connectivity index (χ1n) is 7.84. The summed E-state index contributed by atoms with van der Waals surface area (Å²) in [5.74, 6) is -0.0556. The molecule has 2 aromatic carbocycles. The van der Waals surface area contributed by atoms with Gasteiger partial charge in [-0.25, -0.2) is 0 Å². The van der Waals surface area contributed by atoms with Gasteiger partial charge in [-0.2, -0.15) is 0 Å². The Labute approximate surface area is 149 Å². The molecule has 1 aliphatic heterocycles. The van der Waals surface area contributed by atoms with E-state index in [1.165, 1.54) is 0 Å². The lowest BCUT2D eigenvalue weighted by molar-refractivity contribution is -0.114. The number of benzene rings is 2. The Kier molecular flexibility index (Phi) is 4.71. The van der Waals surface area contributed by atoms with Crippen molar-refractivity contribution in [1.29, 1.82) is 0 Å². The summed E-state index contributed by atoms with van der Waals surface area (Å²) in [6, 6.07) is 11.5. The van der Waals surface area contributed by atoms with Gasteiger partial charge in [-0.3, -0.25) is 9.59 Å². The Hall–Kier alpha value is -2.14. The van der Waals surface area contributed by atoms with Gasteiger partial charge in [-0.05, 0) is 65.5 Å². The minimum Gasteiger partial charge on any atom is -0.493 e. The molecule has 0 atom stereocenters. The number of anilines is 1. The summed E-state index contributed by atoms with van der Waals surface area (Å²) >= 11 is 3.47. The van der Waals surface area contributed by atoms with E-state index in [1.807, 2.05) is 44.2 Å². The maximum absolute atomic E-state index is 12.3. The van der Waals surface area contributed by atoms with Gasteiger partial charge in [0, 0.05) is 11.0 Å². The monoisotopic (exact) mass is 387 g/mol. The zero-order valence-corrected chi connectivity index (χ0v) is 15.2. The predicted octanol–water partition coefficient (Wildman–Crippen LogP) is 4.06. The lowest BCUT2D eigenvalue weighted by Gasteiger charge is -2.18. The third kappa shape index (κ3) is 3.08. The first kappa shape index (κ1) is 16.7. The molecule has 1 amide bonds. The largest absolute Gasteiger partial charge is 0.493 e. The number of para-hydroxylation sites is 1. The van der Waals surface area contributed by atoms with Crippen LogP contribution in [-0.2, 0) is 4.79 Å². The van der Waals surface area contributed by atoms with Gasteiger partial charge in [0.15, 0.2) is 0 Å². The van der Waals surface area contributed by atoms with Crippen LogP contribution in [0.2, 0.25) is 0 Å². The first-order chi connectivity index (χ1) is 11.5. The number of hydrogen-bond donors (Lipinski definition) is 0. The second-order valence-corrected chi connectivity index (χ2v) is 6.75. The van der Waals surface area contributed by atoms with Gasteiger partial charge in [0.25, 0.3) is 11.7 Å². The van der Waals surface area contributed by atoms with Crippen LogP contribution in [-0.4, -0.2) is 24.8 Å². The molecule has 0 saturated heterocycles. The molecule has 0 aromatic heterocycles. The van der Waals surface area contributed by atoms with Gasteiger partial charge in [0.2, 0.25) is 0 Å². The number of amides is 1. The minimum atomic E-state index is -0.466. The van der Waals surface area contributed by atoms with Crippen LogP contribution in [0.15, 0.2) is 40.9 Å². The number of ether oxygens (including phenoxy) is 1. The number of Topliss-reactive ketones (excluding diaryl/α,β-unsaturated/α-hetero) is 1. The van der Waals surface area contributed by atoms with Crippen molar-refractivity contribution in [3.05, 3.63) is 57.6 Å². The van der Waals surface area contributed by atoms with E-state index >= 15 is 0 Å². The van der Waals surface area contributed by atoms with Gasteiger partial charge >= 0.3 is 0 Å². The summed E-state index contributed by atoms with van der Waals surface area (Å²) in [5.41, 5.74) is 3.18. The first-order valence-corrected chi connectivity index (χ1v) is 8.63. The summed E-state index contributed by atoms with van der Waals surface area (Å²) in [5, 5.41) is 0. The van der Waals surface area contributed by atoms with Crippen molar-refractivity contribution < 1.29 is 14.3 Å². The summed E-state index contributed by atoms with van der Waals surface area (Å²) in [7, 11) is 0. The molecule has 24 heavy (non-hydrogen) atoms. The molecule has 2 aromatic rings. The second-order valence-electron chi connectivity index (χ2n) is 5.90. The second kappa shape index (κ2) is 6.77. The van der Waals surface area contributed by atoms with Crippen molar-refractivity contribution in [3.63, 3.8) is 0 Å². The van der Waals surface area contributed by atoms with E-state index in [1.54, 1.807) is 11.0 Å². The van der Waals surface area contributed by atoms with Crippen LogP contribution in [0, 0.1) is 13.8 Å². The molecule has 0 aliphatic carbocycles.